The highest BCUT2D eigenvalue weighted by molar-refractivity contribution is 14.0. The van der Waals surface area contributed by atoms with E-state index in [-0.39, 0.29) is 24.0 Å². The molecule has 6 nitrogen and oxygen atoms in total. The van der Waals surface area contributed by atoms with E-state index in [1.807, 2.05) is 12.1 Å². The van der Waals surface area contributed by atoms with Gasteiger partial charge in [-0.1, -0.05) is 25.3 Å². The smallest absolute Gasteiger partial charge is 0.231 e. The standard InChI is InChI=1S/C20H31N3O3.HI/c1-21-20(22-11-5-13-24-17-6-3-2-4-7-17)23-12-10-16-8-9-18-19(14-16)26-15-25-18;/h8-9,14,17H,2-7,10-13,15H2,1H3,(H2,21,22,23);1H. The van der Waals surface area contributed by atoms with Crippen molar-refractivity contribution in [1.29, 1.82) is 0 Å². The third kappa shape index (κ3) is 7.37. The Hall–Kier alpha value is -1.22. The molecule has 1 heterocycles. The summed E-state index contributed by atoms with van der Waals surface area (Å²) in [5.74, 6) is 2.50. The molecule has 1 saturated carbocycles. The molecule has 0 bridgehead atoms. The lowest BCUT2D eigenvalue weighted by Crippen LogP contribution is -2.39. The van der Waals surface area contributed by atoms with Crippen LogP contribution in [0.15, 0.2) is 23.2 Å². The predicted molar refractivity (Wildman–Crippen MR) is 118 cm³/mol. The highest BCUT2D eigenvalue weighted by atomic mass is 127. The first kappa shape index (κ1) is 22.1. The van der Waals surface area contributed by atoms with Crippen molar-refractivity contribution in [2.24, 2.45) is 4.99 Å². The summed E-state index contributed by atoms with van der Waals surface area (Å²) in [7, 11) is 1.80. The number of benzene rings is 1. The molecule has 152 valence electrons. The Balaban J connectivity index is 0.00000261. The average Bonchev–Trinajstić information content (AvgIpc) is 3.15. The van der Waals surface area contributed by atoms with Crippen molar-refractivity contribution >= 4 is 29.9 Å². The van der Waals surface area contributed by atoms with E-state index in [2.05, 4.69) is 21.7 Å². The molecular weight excluding hydrogens is 457 g/mol. The average molecular weight is 489 g/mol. The molecule has 0 saturated heterocycles. The summed E-state index contributed by atoms with van der Waals surface area (Å²) in [4.78, 5) is 4.27. The molecule has 1 fully saturated rings. The fourth-order valence-corrected chi connectivity index (χ4v) is 3.40. The molecule has 2 aliphatic rings. The first-order valence-electron chi connectivity index (χ1n) is 9.80. The van der Waals surface area contributed by atoms with Gasteiger partial charge in [-0.15, -0.1) is 24.0 Å². The van der Waals surface area contributed by atoms with Crippen molar-refractivity contribution in [3.05, 3.63) is 23.8 Å². The molecule has 0 spiro atoms. The van der Waals surface area contributed by atoms with Crippen molar-refractivity contribution in [2.75, 3.05) is 33.5 Å². The highest BCUT2D eigenvalue weighted by Gasteiger charge is 2.14. The highest BCUT2D eigenvalue weighted by Crippen LogP contribution is 2.32. The van der Waals surface area contributed by atoms with Crippen LogP contribution < -0.4 is 20.1 Å². The Morgan fingerprint density at radius 2 is 1.89 bits per heavy atom. The Morgan fingerprint density at radius 1 is 1.11 bits per heavy atom. The van der Waals surface area contributed by atoms with Crippen LogP contribution in [0.1, 0.15) is 44.1 Å². The SMILES string of the molecule is CN=C(NCCCOC1CCCCC1)NCCc1ccc2c(c1)OCO2.I. The van der Waals surface area contributed by atoms with Gasteiger partial charge in [0.25, 0.3) is 0 Å². The van der Waals surface area contributed by atoms with Crippen LogP contribution >= 0.6 is 24.0 Å². The Kier molecular flexibility index (Phi) is 10.0. The molecule has 0 aromatic heterocycles. The van der Waals surface area contributed by atoms with E-state index in [0.29, 0.717) is 12.9 Å². The van der Waals surface area contributed by atoms with Crippen LogP contribution in [-0.4, -0.2) is 45.6 Å². The minimum absolute atomic E-state index is 0. The zero-order chi connectivity index (χ0) is 18.0. The molecule has 1 aromatic rings. The zero-order valence-corrected chi connectivity index (χ0v) is 18.5. The van der Waals surface area contributed by atoms with Gasteiger partial charge in [-0.3, -0.25) is 4.99 Å². The van der Waals surface area contributed by atoms with Gasteiger partial charge in [0.05, 0.1) is 6.10 Å². The minimum atomic E-state index is 0. The van der Waals surface area contributed by atoms with Crippen molar-refractivity contribution in [3.8, 4) is 11.5 Å². The molecule has 1 aliphatic carbocycles. The molecule has 1 aromatic carbocycles. The lowest BCUT2D eigenvalue weighted by Gasteiger charge is -2.22. The number of aliphatic imine (C=N–C) groups is 1. The predicted octanol–water partition coefficient (Wildman–Crippen LogP) is 3.48. The van der Waals surface area contributed by atoms with Crippen LogP contribution in [0.4, 0.5) is 0 Å². The van der Waals surface area contributed by atoms with Crippen LogP contribution in [-0.2, 0) is 11.2 Å². The molecule has 0 amide bonds. The van der Waals surface area contributed by atoms with Crippen molar-refractivity contribution in [3.63, 3.8) is 0 Å². The molecule has 0 unspecified atom stereocenters. The topological polar surface area (TPSA) is 64.1 Å². The van der Waals surface area contributed by atoms with Gasteiger partial charge < -0.3 is 24.8 Å². The van der Waals surface area contributed by atoms with Crippen molar-refractivity contribution < 1.29 is 14.2 Å². The van der Waals surface area contributed by atoms with Crippen molar-refractivity contribution in [1.82, 2.24) is 10.6 Å². The van der Waals surface area contributed by atoms with E-state index in [0.717, 1.165) is 50.0 Å². The lowest BCUT2D eigenvalue weighted by atomic mass is 9.98. The van der Waals surface area contributed by atoms with E-state index in [9.17, 15) is 0 Å². The van der Waals surface area contributed by atoms with Crippen LogP contribution in [0, 0.1) is 0 Å². The number of hydrogen-bond acceptors (Lipinski definition) is 4. The molecule has 2 N–H and O–H groups in total. The molecule has 27 heavy (non-hydrogen) atoms. The maximum absolute atomic E-state index is 5.95. The van der Waals surface area contributed by atoms with Gasteiger partial charge in [-0.05, 0) is 43.4 Å². The number of hydrogen-bond donors (Lipinski definition) is 2. The number of nitrogens with zero attached hydrogens (tertiary/aromatic N) is 1. The minimum Gasteiger partial charge on any atom is -0.454 e. The van der Waals surface area contributed by atoms with Crippen LogP contribution in [0.2, 0.25) is 0 Å². The Morgan fingerprint density at radius 3 is 2.70 bits per heavy atom. The van der Waals surface area contributed by atoms with Crippen LogP contribution in [0.5, 0.6) is 11.5 Å². The van der Waals surface area contributed by atoms with Gasteiger partial charge in [0.15, 0.2) is 17.5 Å². The fraction of sp³-hybridized carbons (Fsp3) is 0.650. The molecule has 3 rings (SSSR count). The van der Waals surface area contributed by atoms with Crippen LogP contribution in [0.25, 0.3) is 0 Å². The maximum atomic E-state index is 5.95. The first-order valence-corrected chi connectivity index (χ1v) is 9.80. The van der Waals surface area contributed by atoms with E-state index in [1.165, 1.54) is 37.7 Å². The molecule has 1 aliphatic heterocycles. The van der Waals surface area contributed by atoms with E-state index in [4.69, 9.17) is 14.2 Å². The summed E-state index contributed by atoms with van der Waals surface area (Å²) in [5.41, 5.74) is 1.22. The number of halogens is 1. The van der Waals surface area contributed by atoms with Crippen LogP contribution in [0.3, 0.4) is 0 Å². The second kappa shape index (κ2) is 12.3. The third-order valence-corrected chi connectivity index (χ3v) is 4.89. The van der Waals surface area contributed by atoms with Gasteiger partial charge in [-0.2, -0.15) is 0 Å². The summed E-state index contributed by atoms with van der Waals surface area (Å²) in [6.45, 7) is 2.83. The number of rotatable bonds is 8. The number of fused-ring (bicyclic) bond motifs is 1. The number of ether oxygens (including phenoxy) is 3. The second-order valence-electron chi connectivity index (χ2n) is 6.85. The maximum Gasteiger partial charge on any atom is 0.231 e. The number of guanidine groups is 1. The Bertz CT molecular complexity index is 592. The van der Waals surface area contributed by atoms with Crippen molar-refractivity contribution in [2.45, 2.75) is 51.0 Å². The van der Waals surface area contributed by atoms with Gasteiger partial charge in [0.2, 0.25) is 6.79 Å². The second-order valence-corrected chi connectivity index (χ2v) is 6.85. The largest absolute Gasteiger partial charge is 0.454 e. The summed E-state index contributed by atoms with van der Waals surface area (Å²) in [5, 5.41) is 6.70. The third-order valence-electron chi connectivity index (χ3n) is 4.89. The van der Waals surface area contributed by atoms with Gasteiger partial charge in [-0.25, -0.2) is 0 Å². The lowest BCUT2D eigenvalue weighted by molar-refractivity contribution is 0.0277. The number of nitrogens with one attached hydrogen (secondary N) is 2. The summed E-state index contributed by atoms with van der Waals surface area (Å²) >= 11 is 0. The molecule has 0 atom stereocenters. The Labute approximate surface area is 179 Å². The summed E-state index contributed by atoms with van der Waals surface area (Å²) < 4.78 is 16.7. The van der Waals surface area contributed by atoms with Gasteiger partial charge in [0, 0.05) is 26.7 Å². The first-order chi connectivity index (χ1) is 12.8. The monoisotopic (exact) mass is 489 g/mol. The molecule has 0 radical (unpaired) electrons. The molecular formula is C20H32IN3O3. The zero-order valence-electron chi connectivity index (χ0n) is 16.2. The van der Waals surface area contributed by atoms with E-state index < -0.39 is 0 Å². The molecule has 7 heteroatoms. The normalized spacial score (nSPS) is 16.7. The summed E-state index contributed by atoms with van der Waals surface area (Å²) in [6.07, 6.45) is 8.87. The van der Waals surface area contributed by atoms with E-state index in [1.54, 1.807) is 7.05 Å². The van der Waals surface area contributed by atoms with Gasteiger partial charge >= 0.3 is 0 Å². The summed E-state index contributed by atoms with van der Waals surface area (Å²) in [6, 6.07) is 6.09. The quantitative estimate of drug-likeness (QED) is 0.254. The fourth-order valence-electron chi connectivity index (χ4n) is 3.40. The van der Waals surface area contributed by atoms with E-state index >= 15 is 0 Å². The van der Waals surface area contributed by atoms with Gasteiger partial charge in [0.1, 0.15) is 0 Å².